The highest BCUT2D eigenvalue weighted by Crippen LogP contribution is 2.25. The molecule has 1 atom stereocenters. The van der Waals surface area contributed by atoms with Crippen LogP contribution in [0.2, 0.25) is 5.02 Å². The standard InChI is InChI=1S/C14H20ClN3O2/c1-2-7-17(13-5-6-16-9-13)10-11-8-12(15)3-4-14(11)18(19)20/h3-4,8,13,16H,2,5-7,9-10H2,1H3. The predicted molar refractivity (Wildman–Crippen MR) is 80.1 cm³/mol. The van der Waals surface area contributed by atoms with E-state index in [1.165, 1.54) is 6.07 Å². The number of hydrogen-bond donors (Lipinski definition) is 1. The second-order valence-corrected chi connectivity index (χ2v) is 5.58. The van der Waals surface area contributed by atoms with Crippen LogP contribution in [0.1, 0.15) is 25.3 Å². The number of rotatable bonds is 6. The Kier molecular flexibility index (Phi) is 5.34. The van der Waals surface area contributed by atoms with E-state index in [-0.39, 0.29) is 10.6 Å². The number of benzene rings is 1. The first kappa shape index (κ1) is 15.2. The molecule has 0 aromatic heterocycles. The zero-order chi connectivity index (χ0) is 14.5. The van der Waals surface area contributed by atoms with E-state index in [1.807, 2.05) is 0 Å². The third-order valence-corrected chi connectivity index (χ3v) is 3.91. The summed E-state index contributed by atoms with van der Waals surface area (Å²) in [5, 5.41) is 15.0. The SMILES string of the molecule is CCCN(Cc1cc(Cl)ccc1[N+](=O)[O-])C1CCNC1. The van der Waals surface area contributed by atoms with Crippen molar-refractivity contribution >= 4 is 17.3 Å². The van der Waals surface area contributed by atoms with Gasteiger partial charge in [-0.3, -0.25) is 15.0 Å². The maximum atomic E-state index is 11.1. The van der Waals surface area contributed by atoms with Crippen molar-refractivity contribution in [2.24, 2.45) is 0 Å². The Labute approximate surface area is 124 Å². The fraction of sp³-hybridized carbons (Fsp3) is 0.571. The summed E-state index contributed by atoms with van der Waals surface area (Å²) in [5.74, 6) is 0. The van der Waals surface area contributed by atoms with E-state index in [4.69, 9.17) is 11.6 Å². The van der Waals surface area contributed by atoms with Crippen LogP contribution in [-0.4, -0.2) is 35.5 Å². The Morgan fingerprint density at radius 2 is 2.35 bits per heavy atom. The van der Waals surface area contributed by atoms with E-state index in [0.717, 1.165) is 32.5 Å². The lowest BCUT2D eigenvalue weighted by atomic mass is 10.1. The molecule has 1 fully saturated rings. The second kappa shape index (κ2) is 7.02. The average Bonchev–Trinajstić information content (AvgIpc) is 2.91. The minimum atomic E-state index is -0.331. The van der Waals surface area contributed by atoms with Gasteiger partial charge in [0.05, 0.1) is 4.92 Å². The molecule has 2 rings (SSSR count). The molecular formula is C14H20ClN3O2. The molecule has 1 unspecified atom stereocenters. The van der Waals surface area contributed by atoms with Gasteiger partial charge in [-0.15, -0.1) is 0 Å². The van der Waals surface area contributed by atoms with Crippen molar-refractivity contribution in [1.82, 2.24) is 10.2 Å². The molecule has 0 bridgehead atoms. The topological polar surface area (TPSA) is 58.4 Å². The van der Waals surface area contributed by atoms with Gasteiger partial charge in [0, 0.05) is 35.8 Å². The summed E-state index contributed by atoms with van der Waals surface area (Å²) in [6.07, 6.45) is 2.12. The molecule has 1 saturated heterocycles. The van der Waals surface area contributed by atoms with Crippen molar-refractivity contribution < 1.29 is 4.92 Å². The molecule has 0 spiro atoms. The maximum absolute atomic E-state index is 11.1. The summed E-state index contributed by atoms with van der Waals surface area (Å²) in [6, 6.07) is 5.23. The highest BCUT2D eigenvalue weighted by molar-refractivity contribution is 6.30. The molecule has 1 N–H and O–H groups in total. The van der Waals surface area contributed by atoms with E-state index in [9.17, 15) is 10.1 Å². The zero-order valence-corrected chi connectivity index (χ0v) is 12.4. The third-order valence-electron chi connectivity index (χ3n) is 3.67. The van der Waals surface area contributed by atoms with Crippen LogP contribution < -0.4 is 5.32 Å². The van der Waals surface area contributed by atoms with Crippen molar-refractivity contribution in [3.05, 3.63) is 38.9 Å². The molecule has 110 valence electrons. The quantitative estimate of drug-likeness (QED) is 0.648. The van der Waals surface area contributed by atoms with Crippen LogP contribution in [0.5, 0.6) is 0 Å². The van der Waals surface area contributed by atoms with Crippen molar-refractivity contribution in [1.29, 1.82) is 0 Å². The van der Waals surface area contributed by atoms with Gasteiger partial charge in [-0.05, 0) is 38.1 Å². The molecule has 1 aromatic rings. The molecule has 1 aliphatic rings. The number of nitrogens with one attached hydrogen (secondary N) is 1. The van der Waals surface area contributed by atoms with E-state index < -0.39 is 0 Å². The number of nitro benzene ring substituents is 1. The van der Waals surface area contributed by atoms with Crippen LogP contribution in [0.25, 0.3) is 0 Å². The van der Waals surface area contributed by atoms with E-state index in [2.05, 4.69) is 17.1 Å². The van der Waals surface area contributed by atoms with E-state index >= 15 is 0 Å². The van der Waals surface area contributed by atoms with Gasteiger partial charge in [-0.2, -0.15) is 0 Å². The lowest BCUT2D eigenvalue weighted by Gasteiger charge is -2.27. The fourth-order valence-corrected chi connectivity index (χ4v) is 2.90. The molecule has 1 heterocycles. The van der Waals surface area contributed by atoms with Gasteiger partial charge in [0.1, 0.15) is 0 Å². The molecule has 0 amide bonds. The molecule has 1 aromatic carbocycles. The van der Waals surface area contributed by atoms with E-state index in [1.54, 1.807) is 12.1 Å². The van der Waals surface area contributed by atoms with Gasteiger partial charge < -0.3 is 5.32 Å². The minimum absolute atomic E-state index is 0.154. The summed E-state index contributed by atoms with van der Waals surface area (Å²) in [7, 11) is 0. The van der Waals surface area contributed by atoms with Gasteiger partial charge in [0.25, 0.3) is 5.69 Å². The van der Waals surface area contributed by atoms with Gasteiger partial charge in [-0.25, -0.2) is 0 Å². The molecular weight excluding hydrogens is 278 g/mol. The van der Waals surface area contributed by atoms with E-state index in [0.29, 0.717) is 23.2 Å². The normalized spacial score (nSPS) is 18.6. The van der Waals surface area contributed by atoms with Crippen LogP contribution in [0, 0.1) is 10.1 Å². The van der Waals surface area contributed by atoms with Crippen LogP contribution in [0.15, 0.2) is 18.2 Å². The monoisotopic (exact) mass is 297 g/mol. The Hall–Kier alpha value is -1.17. The largest absolute Gasteiger partial charge is 0.315 e. The zero-order valence-electron chi connectivity index (χ0n) is 11.6. The molecule has 0 radical (unpaired) electrons. The Bertz CT molecular complexity index is 475. The Morgan fingerprint density at radius 3 is 2.95 bits per heavy atom. The first-order valence-corrected chi connectivity index (χ1v) is 7.37. The average molecular weight is 298 g/mol. The number of nitro groups is 1. The van der Waals surface area contributed by atoms with Gasteiger partial charge in [0.15, 0.2) is 0 Å². The highest BCUT2D eigenvalue weighted by Gasteiger charge is 2.24. The number of halogens is 1. The van der Waals surface area contributed by atoms with Crippen LogP contribution in [0.4, 0.5) is 5.69 Å². The van der Waals surface area contributed by atoms with Crippen molar-refractivity contribution in [2.45, 2.75) is 32.4 Å². The predicted octanol–water partition coefficient (Wildman–Crippen LogP) is 2.82. The lowest BCUT2D eigenvalue weighted by molar-refractivity contribution is -0.385. The molecule has 6 heteroatoms. The summed E-state index contributed by atoms with van der Waals surface area (Å²) in [6.45, 7) is 5.62. The van der Waals surface area contributed by atoms with Gasteiger partial charge in [0.2, 0.25) is 0 Å². The number of nitrogens with zero attached hydrogens (tertiary/aromatic N) is 2. The van der Waals surface area contributed by atoms with Crippen molar-refractivity contribution in [3.63, 3.8) is 0 Å². The Balaban J connectivity index is 2.20. The fourth-order valence-electron chi connectivity index (χ4n) is 2.71. The van der Waals surface area contributed by atoms with Crippen molar-refractivity contribution in [2.75, 3.05) is 19.6 Å². The summed E-state index contributed by atoms with van der Waals surface area (Å²) < 4.78 is 0. The Morgan fingerprint density at radius 1 is 1.55 bits per heavy atom. The molecule has 5 nitrogen and oxygen atoms in total. The molecule has 1 aliphatic heterocycles. The molecule has 0 saturated carbocycles. The second-order valence-electron chi connectivity index (χ2n) is 5.15. The third kappa shape index (κ3) is 3.69. The summed E-state index contributed by atoms with van der Waals surface area (Å²) in [5.41, 5.74) is 0.851. The molecule has 0 aliphatic carbocycles. The van der Waals surface area contributed by atoms with Crippen LogP contribution in [-0.2, 0) is 6.54 Å². The van der Waals surface area contributed by atoms with Crippen LogP contribution in [0.3, 0.4) is 0 Å². The smallest absolute Gasteiger partial charge is 0.273 e. The van der Waals surface area contributed by atoms with Gasteiger partial charge in [-0.1, -0.05) is 18.5 Å². The lowest BCUT2D eigenvalue weighted by Crippen LogP contribution is -2.37. The molecule has 20 heavy (non-hydrogen) atoms. The first-order valence-electron chi connectivity index (χ1n) is 6.99. The van der Waals surface area contributed by atoms with Crippen LogP contribution >= 0.6 is 11.6 Å². The highest BCUT2D eigenvalue weighted by atomic mass is 35.5. The van der Waals surface area contributed by atoms with Crippen molar-refractivity contribution in [3.8, 4) is 0 Å². The minimum Gasteiger partial charge on any atom is -0.315 e. The number of hydrogen-bond acceptors (Lipinski definition) is 4. The summed E-state index contributed by atoms with van der Waals surface area (Å²) in [4.78, 5) is 13.1. The first-order chi connectivity index (χ1) is 9.61. The summed E-state index contributed by atoms with van der Waals surface area (Å²) >= 11 is 5.99. The van der Waals surface area contributed by atoms with Gasteiger partial charge >= 0.3 is 0 Å². The maximum Gasteiger partial charge on any atom is 0.273 e.